The number of para-hydroxylation sites is 1. The number of carboxylic acids is 1. The molecule has 0 fully saturated rings. The van der Waals surface area contributed by atoms with E-state index in [0.717, 1.165) is 10.0 Å². The number of ether oxygens (including phenoxy) is 1. The van der Waals surface area contributed by atoms with Crippen molar-refractivity contribution in [3.63, 3.8) is 0 Å². The number of nitrogens with one attached hydrogen (secondary N) is 1. The van der Waals surface area contributed by atoms with Crippen molar-refractivity contribution in [2.45, 2.75) is 6.42 Å². The lowest BCUT2D eigenvalue weighted by Gasteiger charge is -2.06. The van der Waals surface area contributed by atoms with Crippen LogP contribution in [0, 0.1) is 0 Å². The number of benzene rings is 2. The Morgan fingerprint density at radius 2 is 1.88 bits per heavy atom. The molecule has 0 aliphatic rings. The van der Waals surface area contributed by atoms with Crippen molar-refractivity contribution in [3.8, 4) is 5.75 Å². The molecule has 2 N–H and O–H groups in total. The first kappa shape index (κ1) is 17.7. The van der Waals surface area contributed by atoms with Crippen molar-refractivity contribution < 1.29 is 19.4 Å². The number of carboxylic acid groups (broad SMARTS) is 1. The zero-order valence-electron chi connectivity index (χ0n) is 12.6. The number of hydrazone groups is 1. The topological polar surface area (TPSA) is 88.0 Å². The number of hydrogen-bond acceptors (Lipinski definition) is 4. The minimum atomic E-state index is -1.07. The Morgan fingerprint density at radius 1 is 1.17 bits per heavy atom. The normalized spacial score (nSPS) is 10.5. The summed E-state index contributed by atoms with van der Waals surface area (Å²) in [5, 5.41) is 12.5. The molecular formula is C17H15BrN2O4. The highest BCUT2D eigenvalue weighted by Crippen LogP contribution is 2.15. The van der Waals surface area contributed by atoms with Gasteiger partial charge in [-0.3, -0.25) is 4.79 Å². The zero-order chi connectivity index (χ0) is 17.4. The molecule has 0 aliphatic carbocycles. The Balaban J connectivity index is 1.92. The molecule has 0 radical (unpaired) electrons. The summed E-state index contributed by atoms with van der Waals surface area (Å²) in [6.45, 7) is -0.444. The molecule has 0 saturated carbocycles. The Morgan fingerprint density at radius 3 is 2.58 bits per heavy atom. The molecule has 0 saturated heterocycles. The predicted octanol–water partition coefficient (Wildman–Crippen LogP) is 2.61. The number of amides is 1. The quantitative estimate of drug-likeness (QED) is 0.561. The molecule has 6 nitrogen and oxygen atoms in total. The molecule has 0 atom stereocenters. The van der Waals surface area contributed by atoms with Crippen LogP contribution in [0.25, 0.3) is 0 Å². The number of aliphatic carboxylic acids is 1. The van der Waals surface area contributed by atoms with Gasteiger partial charge in [-0.15, -0.1) is 0 Å². The standard InChI is InChI=1S/C17H15BrN2O4/c18-14-7-5-12(6-8-14)9-16(21)20-19-10-13-3-1-2-4-15(13)24-11-17(22)23/h1-8,10H,9,11H2,(H,20,21)(H,22,23)/b19-10-. The maximum Gasteiger partial charge on any atom is 0.341 e. The van der Waals surface area contributed by atoms with Crippen molar-refractivity contribution in [1.29, 1.82) is 0 Å². The molecule has 2 rings (SSSR count). The van der Waals surface area contributed by atoms with Crippen LogP contribution in [0.1, 0.15) is 11.1 Å². The number of halogens is 1. The fourth-order valence-electron chi connectivity index (χ4n) is 1.86. The van der Waals surface area contributed by atoms with E-state index in [0.29, 0.717) is 11.3 Å². The lowest BCUT2D eigenvalue weighted by atomic mass is 10.1. The first-order valence-corrected chi connectivity index (χ1v) is 7.84. The van der Waals surface area contributed by atoms with Gasteiger partial charge in [0, 0.05) is 10.0 Å². The summed E-state index contributed by atoms with van der Waals surface area (Å²) in [6, 6.07) is 14.3. The van der Waals surface area contributed by atoms with E-state index in [-0.39, 0.29) is 12.3 Å². The molecule has 2 aromatic carbocycles. The van der Waals surface area contributed by atoms with Crippen LogP contribution in [0.2, 0.25) is 0 Å². The van der Waals surface area contributed by atoms with Gasteiger partial charge in [0.2, 0.25) is 5.91 Å². The highest BCUT2D eigenvalue weighted by Gasteiger charge is 2.05. The number of carbonyl (C=O) groups excluding carboxylic acids is 1. The Hall–Kier alpha value is -2.67. The van der Waals surface area contributed by atoms with Crippen molar-refractivity contribution in [2.24, 2.45) is 5.10 Å². The highest BCUT2D eigenvalue weighted by molar-refractivity contribution is 9.10. The molecular weight excluding hydrogens is 376 g/mol. The summed E-state index contributed by atoms with van der Waals surface area (Å²) >= 11 is 3.34. The van der Waals surface area contributed by atoms with Crippen LogP contribution in [0.15, 0.2) is 58.1 Å². The van der Waals surface area contributed by atoms with Gasteiger partial charge in [0.1, 0.15) is 5.75 Å². The van der Waals surface area contributed by atoms with Gasteiger partial charge in [0.15, 0.2) is 6.61 Å². The average molecular weight is 391 g/mol. The van der Waals surface area contributed by atoms with Crippen molar-refractivity contribution in [3.05, 3.63) is 64.1 Å². The van der Waals surface area contributed by atoms with Crippen LogP contribution in [0.5, 0.6) is 5.75 Å². The summed E-state index contributed by atoms with van der Waals surface area (Å²) < 4.78 is 6.10. The molecule has 2 aromatic rings. The van der Waals surface area contributed by atoms with Crippen LogP contribution < -0.4 is 10.2 Å². The minimum absolute atomic E-state index is 0.210. The second-order valence-corrected chi connectivity index (χ2v) is 5.73. The first-order chi connectivity index (χ1) is 11.5. The molecule has 0 bridgehead atoms. The van der Waals surface area contributed by atoms with Crippen LogP contribution in [-0.4, -0.2) is 29.8 Å². The number of rotatable bonds is 7. The van der Waals surface area contributed by atoms with E-state index < -0.39 is 12.6 Å². The third kappa shape index (κ3) is 5.85. The third-order valence-corrected chi connectivity index (χ3v) is 3.47. The van der Waals surface area contributed by atoms with Gasteiger partial charge < -0.3 is 9.84 Å². The SMILES string of the molecule is O=C(O)COc1ccccc1/C=N\NC(=O)Cc1ccc(Br)cc1. The molecule has 0 spiro atoms. The van der Waals surface area contributed by atoms with Gasteiger partial charge in [-0.2, -0.15) is 5.10 Å². The Kier molecular flexibility index (Phi) is 6.51. The smallest absolute Gasteiger partial charge is 0.341 e. The monoisotopic (exact) mass is 390 g/mol. The fourth-order valence-corrected chi connectivity index (χ4v) is 2.12. The van der Waals surface area contributed by atoms with Crippen LogP contribution in [0.3, 0.4) is 0 Å². The van der Waals surface area contributed by atoms with Gasteiger partial charge >= 0.3 is 5.97 Å². The first-order valence-electron chi connectivity index (χ1n) is 7.04. The van der Waals surface area contributed by atoms with E-state index in [9.17, 15) is 9.59 Å². The molecule has 124 valence electrons. The number of carbonyl (C=O) groups is 2. The minimum Gasteiger partial charge on any atom is -0.481 e. The van der Waals surface area contributed by atoms with Crippen molar-refractivity contribution in [2.75, 3.05) is 6.61 Å². The van der Waals surface area contributed by atoms with Gasteiger partial charge in [-0.1, -0.05) is 40.2 Å². The average Bonchev–Trinajstić information content (AvgIpc) is 2.56. The van der Waals surface area contributed by atoms with E-state index in [2.05, 4.69) is 26.5 Å². The van der Waals surface area contributed by atoms with Gasteiger partial charge in [0.25, 0.3) is 0 Å². The second kappa shape index (κ2) is 8.83. The van der Waals surface area contributed by atoms with E-state index >= 15 is 0 Å². The summed E-state index contributed by atoms with van der Waals surface area (Å²) in [4.78, 5) is 22.4. The number of hydrogen-bond donors (Lipinski definition) is 2. The summed E-state index contributed by atoms with van der Waals surface area (Å²) in [6.07, 6.45) is 1.62. The van der Waals surface area contributed by atoms with Gasteiger partial charge in [-0.25, -0.2) is 10.2 Å². The van der Waals surface area contributed by atoms with E-state index in [4.69, 9.17) is 9.84 Å². The van der Waals surface area contributed by atoms with E-state index in [1.165, 1.54) is 6.21 Å². The molecule has 0 aromatic heterocycles. The van der Waals surface area contributed by atoms with Gasteiger partial charge in [-0.05, 0) is 29.8 Å². The van der Waals surface area contributed by atoms with Crippen LogP contribution >= 0.6 is 15.9 Å². The highest BCUT2D eigenvalue weighted by atomic mass is 79.9. The molecule has 24 heavy (non-hydrogen) atoms. The molecule has 0 aliphatic heterocycles. The van der Waals surface area contributed by atoms with Crippen LogP contribution in [0.4, 0.5) is 0 Å². The third-order valence-electron chi connectivity index (χ3n) is 2.94. The Bertz CT molecular complexity index is 745. The predicted molar refractivity (Wildman–Crippen MR) is 93.2 cm³/mol. The maximum absolute atomic E-state index is 11.8. The maximum atomic E-state index is 11.8. The fraction of sp³-hybridized carbons (Fsp3) is 0.118. The number of nitrogens with zero attached hydrogens (tertiary/aromatic N) is 1. The molecule has 0 heterocycles. The van der Waals surface area contributed by atoms with Gasteiger partial charge in [0.05, 0.1) is 12.6 Å². The zero-order valence-corrected chi connectivity index (χ0v) is 14.2. The molecule has 0 unspecified atom stereocenters. The second-order valence-electron chi connectivity index (χ2n) is 4.82. The summed E-state index contributed by atoms with van der Waals surface area (Å²) in [5.41, 5.74) is 3.88. The van der Waals surface area contributed by atoms with E-state index in [1.54, 1.807) is 24.3 Å². The van der Waals surface area contributed by atoms with E-state index in [1.807, 2.05) is 24.3 Å². The lowest BCUT2D eigenvalue weighted by molar-refractivity contribution is -0.139. The van der Waals surface area contributed by atoms with Crippen LogP contribution in [-0.2, 0) is 16.0 Å². The summed E-state index contributed by atoms with van der Waals surface area (Å²) in [5.74, 6) is -0.937. The summed E-state index contributed by atoms with van der Waals surface area (Å²) in [7, 11) is 0. The van der Waals surface area contributed by atoms with Crippen molar-refractivity contribution >= 4 is 34.0 Å². The molecule has 7 heteroatoms. The molecule has 1 amide bonds. The lowest BCUT2D eigenvalue weighted by Crippen LogP contribution is -2.19. The Labute approximate surface area is 147 Å². The van der Waals surface area contributed by atoms with Crippen molar-refractivity contribution in [1.82, 2.24) is 5.43 Å². The largest absolute Gasteiger partial charge is 0.481 e.